The van der Waals surface area contributed by atoms with Crippen molar-refractivity contribution in [3.63, 3.8) is 0 Å². The van der Waals surface area contributed by atoms with Gasteiger partial charge in [0, 0.05) is 43.1 Å². The molecule has 0 N–H and O–H groups in total. The zero-order valence-corrected chi connectivity index (χ0v) is 19.2. The molecule has 1 fully saturated rings. The highest BCUT2D eigenvalue weighted by Crippen LogP contribution is 2.26. The summed E-state index contributed by atoms with van der Waals surface area (Å²) in [6.07, 6.45) is 2.46. The molecule has 162 valence electrons. The van der Waals surface area contributed by atoms with Crippen LogP contribution in [-0.2, 0) is 13.1 Å². The molecule has 1 saturated heterocycles. The number of amides is 1. The monoisotopic (exact) mass is 436 g/mol. The lowest BCUT2D eigenvalue weighted by Gasteiger charge is -2.24. The van der Waals surface area contributed by atoms with Crippen molar-refractivity contribution in [3.05, 3.63) is 81.6 Å². The molecule has 3 aromatic rings. The van der Waals surface area contributed by atoms with E-state index in [1.54, 1.807) is 4.90 Å². The Labute approximate surface area is 189 Å². The van der Waals surface area contributed by atoms with Gasteiger partial charge in [0.1, 0.15) is 0 Å². The van der Waals surface area contributed by atoms with Crippen molar-refractivity contribution in [1.82, 2.24) is 14.7 Å². The van der Waals surface area contributed by atoms with Gasteiger partial charge in [-0.05, 0) is 49.9 Å². The van der Waals surface area contributed by atoms with Crippen LogP contribution >= 0.6 is 11.6 Å². The Morgan fingerprint density at radius 2 is 1.68 bits per heavy atom. The molecule has 5 nitrogen and oxygen atoms in total. The van der Waals surface area contributed by atoms with Crippen LogP contribution in [-0.4, -0.2) is 40.7 Å². The number of rotatable bonds is 6. The summed E-state index contributed by atoms with van der Waals surface area (Å²) in [5, 5.41) is 5.35. The van der Waals surface area contributed by atoms with Crippen LogP contribution < -0.4 is 4.90 Å². The first-order chi connectivity index (χ1) is 15.0. The number of aryl methyl sites for hydroxylation is 1. The molecule has 2 aromatic carbocycles. The molecule has 1 aromatic heterocycles. The van der Waals surface area contributed by atoms with E-state index in [4.69, 9.17) is 11.6 Å². The molecule has 1 amide bonds. The van der Waals surface area contributed by atoms with Crippen molar-refractivity contribution in [3.8, 4) is 0 Å². The third-order valence-corrected chi connectivity index (χ3v) is 6.43. The fraction of sp³-hybridized carbons (Fsp3) is 0.360. The molecular weight excluding hydrogens is 408 g/mol. The van der Waals surface area contributed by atoms with Crippen LogP contribution in [0.3, 0.4) is 0 Å². The van der Waals surface area contributed by atoms with Crippen LogP contribution in [0.1, 0.15) is 45.7 Å². The van der Waals surface area contributed by atoms with Gasteiger partial charge in [0.15, 0.2) is 0 Å². The van der Waals surface area contributed by atoms with Crippen LogP contribution in [0.15, 0.2) is 48.5 Å². The molecular formula is C25H29ClN4O. The zero-order valence-electron chi connectivity index (χ0n) is 18.4. The van der Waals surface area contributed by atoms with Crippen molar-refractivity contribution in [2.45, 2.75) is 39.8 Å². The summed E-state index contributed by atoms with van der Waals surface area (Å²) in [4.78, 5) is 17.6. The number of hydrogen-bond donors (Lipinski definition) is 0. The summed E-state index contributed by atoms with van der Waals surface area (Å²) in [6.45, 7) is 7.13. The largest absolute Gasteiger partial charge is 0.371 e. The van der Waals surface area contributed by atoms with Crippen LogP contribution in [0.4, 0.5) is 5.69 Å². The Morgan fingerprint density at radius 3 is 2.39 bits per heavy atom. The van der Waals surface area contributed by atoms with Gasteiger partial charge in [0.2, 0.25) is 0 Å². The van der Waals surface area contributed by atoms with E-state index >= 15 is 0 Å². The molecule has 0 bridgehead atoms. The van der Waals surface area contributed by atoms with Crippen molar-refractivity contribution >= 4 is 23.2 Å². The molecule has 2 heterocycles. The van der Waals surface area contributed by atoms with Gasteiger partial charge >= 0.3 is 0 Å². The summed E-state index contributed by atoms with van der Waals surface area (Å²) >= 11 is 6.32. The van der Waals surface area contributed by atoms with Crippen LogP contribution in [0.25, 0.3) is 0 Å². The molecule has 0 unspecified atom stereocenters. The average Bonchev–Trinajstić information content (AvgIpc) is 3.38. The number of nitrogens with zero attached hydrogens (tertiary/aromatic N) is 4. The number of benzene rings is 2. The van der Waals surface area contributed by atoms with E-state index in [0.29, 0.717) is 23.7 Å². The van der Waals surface area contributed by atoms with Crippen molar-refractivity contribution in [2.75, 3.05) is 25.0 Å². The summed E-state index contributed by atoms with van der Waals surface area (Å²) in [5.41, 5.74) is 5.69. The van der Waals surface area contributed by atoms with E-state index in [1.807, 2.05) is 55.9 Å². The first-order valence-corrected chi connectivity index (χ1v) is 11.2. The highest BCUT2D eigenvalue weighted by atomic mass is 35.5. The Balaban J connectivity index is 1.55. The predicted octanol–water partition coefficient (Wildman–Crippen LogP) is 5.07. The predicted molar refractivity (Wildman–Crippen MR) is 126 cm³/mol. The first kappa shape index (κ1) is 21.4. The highest BCUT2D eigenvalue weighted by Gasteiger charge is 2.23. The van der Waals surface area contributed by atoms with Gasteiger partial charge < -0.3 is 9.80 Å². The molecule has 1 aliphatic heterocycles. The van der Waals surface area contributed by atoms with Gasteiger partial charge in [-0.3, -0.25) is 9.48 Å². The third-order valence-electron chi connectivity index (χ3n) is 6.07. The van der Waals surface area contributed by atoms with E-state index in [1.165, 1.54) is 24.1 Å². The molecule has 0 aliphatic carbocycles. The number of carbonyl (C=O) groups excluding carboxylic acids is 1. The SMILES string of the molecule is Cc1nn(Cc2ccccc2Cl)c(C)c1C(=O)N(C)Cc1ccccc1N1CCCC1. The summed E-state index contributed by atoms with van der Waals surface area (Å²) < 4.78 is 1.87. The number of anilines is 1. The second-order valence-corrected chi connectivity index (χ2v) is 8.69. The van der Waals surface area contributed by atoms with Gasteiger partial charge in [0.05, 0.1) is 17.8 Å². The Kier molecular flexibility index (Phi) is 6.33. The molecule has 1 aliphatic rings. The lowest BCUT2D eigenvalue weighted by atomic mass is 10.1. The molecule has 31 heavy (non-hydrogen) atoms. The van der Waals surface area contributed by atoms with Gasteiger partial charge in [-0.1, -0.05) is 48.0 Å². The normalized spacial score (nSPS) is 13.6. The van der Waals surface area contributed by atoms with Gasteiger partial charge in [-0.25, -0.2) is 0 Å². The maximum atomic E-state index is 13.4. The summed E-state index contributed by atoms with van der Waals surface area (Å²) in [7, 11) is 1.87. The van der Waals surface area contributed by atoms with Gasteiger partial charge in [-0.15, -0.1) is 0 Å². The fourth-order valence-corrected chi connectivity index (χ4v) is 4.57. The van der Waals surface area contributed by atoms with Crippen molar-refractivity contribution in [1.29, 1.82) is 0 Å². The number of halogens is 1. The Bertz CT molecular complexity index is 1080. The van der Waals surface area contributed by atoms with E-state index in [9.17, 15) is 4.79 Å². The van der Waals surface area contributed by atoms with Crippen LogP contribution in [0, 0.1) is 13.8 Å². The Hall–Kier alpha value is -2.79. The van der Waals surface area contributed by atoms with Gasteiger partial charge in [0.25, 0.3) is 5.91 Å². The highest BCUT2D eigenvalue weighted by molar-refractivity contribution is 6.31. The molecule has 0 spiro atoms. The quantitative estimate of drug-likeness (QED) is 0.541. The van der Waals surface area contributed by atoms with Crippen molar-refractivity contribution in [2.24, 2.45) is 0 Å². The number of hydrogen-bond acceptors (Lipinski definition) is 3. The molecule has 0 radical (unpaired) electrons. The van der Waals surface area contributed by atoms with E-state index < -0.39 is 0 Å². The van der Waals surface area contributed by atoms with E-state index in [0.717, 1.165) is 30.0 Å². The number of carbonyl (C=O) groups is 1. The fourth-order valence-electron chi connectivity index (χ4n) is 4.38. The summed E-state index contributed by atoms with van der Waals surface area (Å²) in [5.74, 6) is -0.00312. The minimum Gasteiger partial charge on any atom is -0.371 e. The first-order valence-electron chi connectivity index (χ1n) is 10.8. The maximum absolute atomic E-state index is 13.4. The molecule has 0 atom stereocenters. The number of para-hydroxylation sites is 1. The molecule has 0 saturated carbocycles. The lowest BCUT2D eigenvalue weighted by molar-refractivity contribution is 0.0783. The second kappa shape index (κ2) is 9.15. The number of aromatic nitrogens is 2. The second-order valence-electron chi connectivity index (χ2n) is 8.28. The van der Waals surface area contributed by atoms with Crippen LogP contribution in [0.2, 0.25) is 5.02 Å². The lowest BCUT2D eigenvalue weighted by Crippen LogP contribution is -2.28. The third kappa shape index (κ3) is 4.47. The smallest absolute Gasteiger partial charge is 0.257 e. The van der Waals surface area contributed by atoms with Gasteiger partial charge in [-0.2, -0.15) is 5.10 Å². The maximum Gasteiger partial charge on any atom is 0.257 e. The molecule has 4 rings (SSSR count). The topological polar surface area (TPSA) is 41.4 Å². The minimum atomic E-state index is -0.00312. The van der Waals surface area contributed by atoms with E-state index in [-0.39, 0.29) is 5.91 Å². The average molecular weight is 437 g/mol. The van der Waals surface area contributed by atoms with Crippen LogP contribution in [0.5, 0.6) is 0 Å². The standard InChI is InChI=1S/C25H29ClN4O/c1-18-24(19(2)30(27-18)17-20-10-4-6-12-22(20)26)25(31)28(3)16-21-11-5-7-13-23(21)29-14-8-9-15-29/h4-7,10-13H,8-9,14-17H2,1-3H3. The Morgan fingerprint density at radius 1 is 1.03 bits per heavy atom. The summed E-state index contributed by atoms with van der Waals surface area (Å²) in [6, 6.07) is 16.1. The molecule has 6 heteroatoms. The zero-order chi connectivity index (χ0) is 22.0. The van der Waals surface area contributed by atoms with Crippen molar-refractivity contribution < 1.29 is 4.79 Å². The minimum absolute atomic E-state index is 0.00312. The van der Waals surface area contributed by atoms with E-state index in [2.05, 4.69) is 28.2 Å².